The lowest BCUT2D eigenvalue weighted by atomic mass is 10.1. The lowest BCUT2D eigenvalue weighted by Gasteiger charge is -2.17. The molecular weight excluding hydrogens is 446 g/mol. The fraction of sp³-hybridized carbons (Fsp3) is 0.269. The SMILES string of the molecule is Cn1cc(-c2cccc(NC(=O)c3ccccn3)c2)c2sc(CN3CCCNCC3)cc2c1=O. The Morgan fingerprint density at radius 2 is 2.06 bits per heavy atom. The number of aryl methyl sites for hydroxylation is 1. The Kier molecular flexibility index (Phi) is 6.53. The first-order chi connectivity index (χ1) is 16.6. The Morgan fingerprint density at radius 1 is 1.15 bits per heavy atom. The fourth-order valence-electron chi connectivity index (χ4n) is 4.32. The van der Waals surface area contributed by atoms with Crippen LogP contribution in [-0.2, 0) is 13.6 Å². The Labute approximate surface area is 202 Å². The second-order valence-corrected chi connectivity index (χ2v) is 9.68. The molecule has 2 N–H and O–H groups in total. The highest BCUT2D eigenvalue weighted by atomic mass is 32.1. The molecule has 1 fully saturated rings. The number of nitrogens with zero attached hydrogens (tertiary/aromatic N) is 3. The number of amides is 1. The molecule has 5 rings (SSSR count). The zero-order chi connectivity index (χ0) is 23.5. The molecule has 1 aliphatic heterocycles. The summed E-state index contributed by atoms with van der Waals surface area (Å²) in [7, 11) is 1.79. The first-order valence-corrected chi connectivity index (χ1v) is 12.3. The molecule has 0 aliphatic carbocycles. The molecule has 0 bridgehead atoms. The second kappa shape index (κ2) is 9.89. The van der Waals surface area contributed by atoms with Crippen molar-refractivity contribution in [2.75, 3.05) is 31.5 Å². The number of hydrogen-bond donors (Lipinski definition) is 2. The summed E-state index contributed by atoms with van der Waals surface area (Å²) in [6, 6.07) is 15.0. The lowest BCUT2D eigenvalue weighted by Crippen LogP contribution is -2.27. The third kappa shape index (κ3) is 4.79. The van der Waals surface area contributed by atoms with E-state index in [1.165, 1.54) is 4.88 Å². The Bertz CT molecular complexity index is 1370. The van der Waals surface area contributed by atoms with Gasteiger partial charge in [-0.1, -0.05) is 18.2 Å². The van der Waals surface area contributed by atoms with Gasteiger partial charge in [0.25, 0.3) is 11.5 Å². The summed E-state index contributed by atoms with van der Waals surface area (Å²) in [5.41, 5.74) is 3.00. The molecule has 1 aliphatic rings. The van der Waals surface area contributed by atoms with Gasteiger partial charge in [0.2, 0.25) is 0 Å². The number of hydrogen-bond acceptors (Lipinski definition) is 6. The number of anilines is 1. The summed E-state index contributed by atoms with van der Waals surface area (Å²) >= 11 is 1.69. The third-order valence-electron chi connectivity index (χ3n) is 6.04. The molecule has 0 saturated carbocycles. The maximum atomic E-state index is 12.9. The predicted octanol–water partition coefficient (Wildman–Crippen LogP) is 3.71. The smallest absolute Gasteiger partial charge is 0.274 e. The summed E-state index contributed by atoms with van der Waals surface area (Å²) in [6.45, 7) is 4.97. The minimum Gasteiger partial charge on any atom is -0.321 e. The number of carbonyl (C=O) groups excluding carboxylic acids is 1. The van der Waals surface area contributed by atoms with E-state index in [2.05, 4.69) is 26.6 Å². The number of carbonyl (C=O) groups is 1. The summed E-state index contributed by atoms with van der Waals surface area (Å²) in [4.78, 5) is 33.2. The van der Waals surface area contributed by atoms with Gasteiger partial charge < -0.3 is 15.2 Å². The molecule has 34 heavy (non-hydrogen) atoms. The Hall–Kier alpha value is -3.33. The van der Waals surface area contributed by atoms with Gasteiger partial charge in [-0.2, -0.15) is 0 Å². The topological polar surface area (TPSA) is 79.3 Å². The standard InChI is InChI=1S/C26H27N5O2S/c1-30-17-22(18-6-4-7-19(14-18)29-25(32)23-8-2-3-10-28-23)24-21(26(30)33)15-20(34-24)16-31-12-5-9-27-11-13-31/h2-4,6-8,10,14-15,17,27H,5,9,11-13,16H2,1H3,(H,29,32). The molecule has 0 unspecified atom stereocenters. The van der Waals surface area contributed by atoms with Crippen molar-refractivity contribution in [1.82, 2.24) is 19.8 Å². The predicted molar refractivity (Wildman–Crippen MR) is 137 cm³/mol. The average molecular weight is 474 g/mol. The van der Waals surface area contributed by atoms with Crippen LogP contribution in [0.25, 0.3) is 21.2 Å². The van der Waals surface area contributed by atoms with Crippen molar-refractivity contribution in [2.24, 2.45) is 7.05 Å². The van der Waals surface area contributed by atoms with Gasteiger partial charge in [0, 0.05) is 59.9 Å². The van der Waals surface area contributed by atoms with Crippen LogP contribution < -0.4 is 16.2 Å². The van der Waals surface area contributed by atoms with Crippen LogP contribution in [0.15, 0.2) is 65.7 Å². The largest absolute Gasteiger partial charge is 0.321 e. The van der Waals surface area contributed by atoms with E-state index in [0.717, 1.165) is 60.4 Å². The highest BCUT2D eigenvalue weighted by Crippen LogP contribution is 2.34. The monoisotopic (exact) mass is 473 g/mol. The number of fused-ring (bicyclic) bond motifs is 1. The van der Waals surface area contributed by atoms with Crippen molar-refractivity contribution >= 4 is 33.0 Å². The van der Waals surface area contributed by atoms with Crippen LogP contribution in [0.1, 0.15) is 21.8 Å². The van der Waals surface area contributed by atoms with E-state index in [0.29, 0.717) is 11.4 Å². The van der Waals surface area contributed by atoms with Gasteiger partial charge in [-0.25, -0.2) is 0 Å². The van der Waals surface area contributed by atoms with E-state index >= 15 is 0 Å². The molecule has 0 spiro atoms. The molecule has 1 aromatic carbocycles. The van der Waals surface area contributed by atoms with E-state index in [9.17, 15) is 9.59 Å². The third-order valence-corrected chi connectivity index (χ3v) is 7.20. The maximum absolute atomic E-state index is 12.9. The molecule has 4 heterocycles. The van der Waals surface area contributed by atoms with Crippen LogP contribution in [-0.4, -0.2) is 46.5 Å². The molecule has 8 heteroatoms. The molecule has 174 valence electrons. The number of benzene rings is 1. The molecule has 3 aromatic heterocycles. The van der Waals surface area contributed by atoms with E-state index in [1.807, 2.05) is 30.5 Å². The molecule has 1 saturated heterocycles. The lowest BCUT2D eigenvalue weighted by molar-refractivity contribution is 0.102. The molecule has 4 aromatic rings. The highest BCUT2D eigenvalue weighted by Gasteiger charge is 2.17. The normalized spacial score (nSPS) is 14.7. The molecule has 7 nitrogen and oxygen atoms in total. The number of aromatic nitrogens is 2. The van der Waals surface area contributed by atoms with Crippen molar-refractivity contribution in [3.05, 3.63) is 81.8 Å². The van der Waals surface area contributed by atoms with E-state index in [-0.39, 0.29) is 11.5 Å². The van der Waals surface area contributed by atoms with Crippen LogP contribution in [0.3, 0.4) is 0 Å². The van der Waals surface area contributed by atoms with Gasteiger partial charge in [-0.3, -0.25) is 19.5 Å². The minimum atomic E-state index is -0.256. The van der Waals surface area contributed by atoms with Crippen molar-refractivity contribution in [2.45, 2.75) is 13.0 Å². The van der Waals surface area contributed by atoms with Gasteiger partial charge in [-0.05, 0) is 55.4 Å². The minimum absolute atomic E-state index is 0.0124. The highest BCUT2D eigenvalue weighted by molar-refractivity contribution is 7.19. The van der Waals surface area contributed by atoms with Crippen molar-refractivity contribution in [3.8, 4) is 11.1 Å². The van der Waals surface area contributed by atoms with Gasteiger partial charge in [0.05, 0.1) is 5.39 Å². The van der Waals surface area contributed by atoms with Crippen LogP contribution in [0.5, 0.6) is 0 Å². The van der Waals surface area contributed by atoms with Crippen molar-refractivity contribution < 1.29 is 4.79 Å². The molecule has 1 amide bonds. The molecule has 0 radical (unpaired) electrons. The summed E-state index contributed by atoms with van der Waals surface area (Å²) < 4.78 is 2.63. The van der Waals surface area contributed by atoms with Crippen molar-refractivity contribution in [1.29, 1.82) is 0 Å². The zero-order valence-corrected chi connectivity index (χ0v) is 19.9. The first kappa shape index (κ1) is 22.5. The fourth-order valence-corrected chi connectivity index (χ4v) is 5.55. The number of nitrogens with one attached hydrogen (secondary N) is 2. The van der Waals surface area contributed by atoms with Crippen LogP contribution in [0.4, 0.5) is 5.69 Å². The first-order valence-electron chi connectivity index (χ1n) is 11.5. The van der Waals surface area contributed by atoms with Gasteiger partial charge in [0.1, 0.15) is 5.69 Å². The summed E-state index contributed by atoms with van der Waals surface area (Å²) in [5, 5.41) is 7.12. The number of pyridine rings is 2. The van der Waals surface area contributed by atoms with Gasteiger partial charge in [-0.15, -0.1) is 11.3 Å². The van der Waals surface area contributed by atoms with E-state index in [4.69, 9.17) is 0 Å². The van der Waals surface area contributed by atoms with E-state index < -0.39 is 0 Å². The zero-order valence-electron chi connectivity index (χ0n) is 19.1. The Morgan fingerprint density at radius 3 is 2.91 bits per heavy atom. The van der Waals surface area contributed by atoms with Crippen LogP contribution in [0, 0.1) is 0 Å². The van der Waals surface area contributed by atoms with E-state index in [1.54, 1.807) is 47.3 Å². The summed E-state index contributed by atoms with van der Waals surface area (Å²) in [5.74, 6) is -0.256. The van der Waals surface area contributed by atoms with Crippen LogP contribution in [0.2, 0.25) is 0 Å². The Balaban J connectivity index is 1.47. The van der Waals surface area contributed by atoms with Gasteiger partial charge >= 0.3 is 0 Å². The molecule has 0 atom stereocenters. The molecular formula is C26H27N5O2S. The van der Waals surface area contributed by atoms with Gasteiger partial charge in [0.15, 0.2) is 0 Å². The van der Waals surface area contributed by atoms with Crippen molar-refractivity contribution in [3.63, 3.8) is 0 Å². The van der Waals surface area contributed by atoms with Crippen LogP contribution >= 0.6 is 11.3 Å². The maximum Gasteiger partial charge on any atom is 0.274 e. The average Bonchev–Trinajstić information content (AvgIpc) is 3.10. The quantitative estimate of drug-likeness (QED) is 0.462. The number of rotatable bonds is 5. The second-order valence-electron chi connectivity index (χ2n) is 8.54. The number of thiophene rings is 1. The summed E-state index contributed by atoms with van der Waals surface area (Å²) in [6.07, 6.45) is 4.62.